The summed E-state index contributed by atoms with van der Waals surface area (Å²) >= 11 is 13.5. The van der Waals surface area contributed by atoms with E-state index in [9.17, 15) is 19.1 Å². The van der Waals surface area contributed by atoms with Gasteiger partial charge < -0.3 is 14.9 Å². The summed E-state index contributed by atoms with van der Waals surface area (Å²) in [6, 6.07) is 10.6. The van der Waals surface area contributed by atoms with E-state index in [0.717, 1.165) is 11.3 Å². The van der Waals surface area contributed by atoms with E-state index in [1.807, 2.05) is 44.7 Å². The Morgan fingerprint density at radius 1 is 1.16 bits per heavy atom. The van der Waals surface area contributed by atoms with Crippen LogP contribution in [0.3, 0.4) is 0 Å². The molecule has 6 nitrogen and oxygen atoms in total. The molecule has 10 heteroatoms. The van der Waals surface area contributed by atoms with E-state index >= 15 is 0 Å². The number of hydrogen-bond donors (Lipinski definition) is 1. The van der Waals surface area contributed by atoms with Crippen LogP contribution in [0.25, 0.3) is 0 Å². The van der Waals surface area contributed by atoms with Gasteiger partial charge in [-0.1, -0.05) is 55.2 Å². The first-order valence-electron chi connectivity index (χ1n) is 12.5. The van der Waals surface area contributed by atoms with Crippen LogP contribution in [0.4, 0.5) is 4.39 Å². The van der Waals surface area contributed by atoms with E-state index in [4.69, 9.17) is 28.2 Å². The smallest absolute Gasteiger partial charge is 0.326 e. The van der Waals surface area contributed by atoms with Crippen LogP contribution in [0.1, 0.15) is 57.7 Å². The Bertz CT molecular complexity index is 1380. The van der Waals surface area contributed by atoms with Gasteiger partial charge in [-0.2, -0.15) is 0 Å². The third-order valence-corrected chi connectivity index (χ3v) is 9.24. The number of amidine groups is 1. The third-order valence-electron chi connectivity index (χ3n) is 7.63. The van der Waals surface area contributed by atoms with E-state index in [1.165, 1.54) is 28.8 Å². The van der Waals surface area contributed by atoms with Crippen LogP contribution >= 0.6 is 35.0 Å². The van der Waals surface area contributed by atoms with Crippen molar-refractivity contribution in [1.82, 2.24) is 9.80 Å². The molecule has 5 rings (SSSR count). The third kappa shape index (κ3) is 4.31. The lowest BCUT2D eigenvalue weighted by molar-refractivity contribution is -0.147. The fourth-order valence-electron chi connectivity index (χ4n) is 5.79. The van der Waals surface area contributed by atoms with E-state index in [0.29, 0.717) is 33.5 Å². The number of amides is 1. The summed E-state index contributed by atoms with van der Waals surface area (Å²) in [5.41, 5.74) is 1.47. The van der Waals surface area contributed by atoms with Crippen molar-refractivity contribution in [3.8, 4) is 0 Å². The maximum absolute atomic E-state index is 14.8. The zero-order valence-corrected chi connectivity index (χ0v) is 23.7. The van der Waals surface area contributed by atoms with Gasteiger partial charge in [0.15, 0.2) is 5.17 Å². The lowest BCUT2D eigenvalue weighted by Gasteiger charge is -2.37. The molecule has 0 aliphatic carbocycles. The van der Waals surface area contributed by atoms with Gasteiger partial charge in [0.1, 0.15) is 22.3 Å². The molecule has 1 N–H and O–H groups in total. The molecular formula is C28H28Cl2FN3O3S. The van der Waals surface area contributed by atoms with Crippen molar-refractivity contribution in [2.45, 2.75) is 64.2 Å². The largest absolute Gasteiger partial charge is 0.480 e. The molecule has 0 spiro atoms. The molecule has 2 aromatic rings. The summed E-state index contributed by atoms with van der Waals surface area (Å²) in [6.07, 6.45) is 1.05. The van der Waals surface area contributed by atoms with E-state index in [-0.39, 0.29) is 22.9 Å². The Morgan fingerprint density at radius 3 is 2.45 bits per heavy atom. The van der Waals surface area contributed by atoms with Gasteiger partial charge in [-0.05, 0) is 79.8 Å². The Kier molecular flexibility index (Phi) is 7.03. The van der Waals surface area contributed by atoms with E-state index in [1.54, 1.807) is 18.2 Å². The number of allylic oxidation sites excluding steroid dienone is 1. The van der Waals surface area contributed by atoms with Crippen molar-refractivity contribution in [1.29, 1.82) is 0 Å². The van der Waals surface area contributed by atoms with E-state index < -0.39 is 29.4 Å². The van der Waals surface area contributed by atoms with Crippen LogP contribution in [-0.4, -0.2) is 44.0 Å². The number of thioether (sulfide) groups is 1. The van der Waals surface area contributed by atoms with Crippen molar-refractivity contribution < 1.29 is 19.1 Å². The molecule has 1 amide bonds. The summed E-state index contributed by atoms with van der Waals surface area (Å²) in [4.78, 5) is 35.0. The molecule has 3 heterocycles. The second-order valence-corrected chi connectivity index (χ2v) is 12.3. The second kappa shape index (κ2) is 9.88. The normalized spacial score (nSPS) is 26.8. The van der Waals surface area contributed by atoms with Gasteiger partial charge in [0, 0.05) is 16.8 Å². The number of rotatable bonds is 5. The number of carboxylic acids is 1. The summed E-state index contributed by atoms with van der Waals surface area (Å²) in [5.74, 6) is -1.94. The van der Waals surface area contributed by atoms with Crippen molar-refractivity contribution in [3.05, 3.63) is 80.1 Å². The predicted molar refractivity (Wildman–Crippen MR) is 149 cm³/mol. The van der Waals surface area contributed by atoms with Crippen LogP contribution in [0.2, 0.25) is 10.0 Å². The molecule has 200 valence electrons. The molecule has 0 radical (unpaired) electrons. The second-order valence-electron chi connectivity index (χ2n) is 10.5. The number of hydrogen-bond acceptors (Lipinski definition) is 5. The first kappa shape index (κ1) is 27.0. The number of aliphatic imine (C=N–C) groups is 1. The van der Waals surface area contributed by atoms with Gasteiger partial charge in [-0.15, -0.1) is 0 Å². The predicted octanol–water partition coefficient (Wildman–Crippen LogP) is 6.84. The average Bonchev–Trinajstić information content (AvgIpc) is 3.50. The fraction of sp³-hybridized carbons (Fsp3) is 0.393. The molecule has 38 heavy (non-hydrogen) atoms. The molecule has 1 saturated heterocycles. The van der Waals surface area contributed by atoms with Gasteiger partial charge in [0.05, 0.1) is 11.1 Å². The topological polar surface area (TPSA) is 73.2 Å². The first-order chi connectivity index (χ1) is 17.9. The summed E-state index contributed by atoms with van der Waals surface area (Å²) in [6.45, 7) is 7.85. The Morgan fingerprint density at radius 2 is 1.84 bits per heavy atom. The lowest BCUT2D eigenvalue weighted by atomic mass is 9.81. The van der Waals surface area contributed by atoms with Crippen LogP contribution in [-0.2, 0) is 15.1 Å². The highest BCUT2D eigenvalue weighted by Crippen LogP contribution is 2.56. The number of nitrogens with zero attached hydrogens (tertiary/aromatic N) is 3. The fourth-order valence-corrected chi connectivity index (χ4v) is 7.38. The molecule has 0 unspecified atom stereocenters. The zero-order chi connectivity index (χ0) is 27.5. The van der Waals surface area contributed by atoms with Gasteiger partial charge in [-0.3, -0.25) is 4.79 Å². The standard InChI is InChI=1S/C28H28Cl2FN3O3S/c1-14(2)22-23(25(35)33-15(3)5-12-21(33)26(36)37)38-27-32-28(4,17-7-9-18(29)10-8-17)24(34(22)27)16-6-11-19(30)20(31)13-16/h6-11,13-15,21,24H,5,12H2,1-4H3,(H,36,37)/t15-,21+,24-,28+/m1/s1. The molecule has 4 atom stereocenters. The minimum absolute atomic E-state index is 0.0232. The quantitative estimate of drug-likeness (QED) is 0.422. The Hall–Kier alpha value is -2.55. The highest BCUT2D eigenvalue weighted by Gasteiger charge is 2.54. The SMILES string of the molecule is CC(C)C1=C(C(=O)N2[C@H](C)CC[C@H]2C(=O)O)SC2=N[C@@](C)(c3ccc(Cl)cc3)[C@@H](c3ccc(Cl)c(F)c3)N21. The number of carboxylic acid groups (broad SMARTS) is 1. The average molecular weight is 577 g/mol. The number of carbonyl (C=O) groups is 2. The monoisotopic (exact) mass is 575 g/mol. The zero-order valence-electron chi connectivity index (χ0n) is 21.4. The molecule has 0 bridgehead atoms. The Labute approximate surface area is 235 Å². The van der Waals surface area contributed by atoms with Crippen molar-refractivity contribution in [2.75, 3.05) is 0 Å². The van der Waals surface area contributed by atoms with Crippen molar-refractivity contribution in [3.63, 3.8) is 0 Å². The van der Waals surface area contributed by atoms with Crippen LogP contribution in [0, 0.1) is 11.7 Å². The van der Waals surface area contributed by atoms with Crippen molar-refractivity contribution in [2.24, 2.45) is 10.9 Å². The van der Waals surface area contributed by atoms with Crippen LogP contribution in [0.15, 0.2) is 58.1 Å². The number of fused-ring (bicyclic) bond motifs is 1. The lowest BCUT2D eigenvalue weighted by Crippen LogP contribution is -2.44. The maximum atomic E-state index is 14.8. The maximum Gasteiger partial charge on any atom is 0.326 e. The molecule has 2 aromatic carbocycles. The van der Waals surface area contributed by atoms with E-state index in [2.05, 4.69) is 0 Å². The van der Waals surface area contributed by atoms with Crippen molar-refractivity contribution >= 4 is 52.0 Å². The molecular weight excluding hydrogens is 548 g/mol. The minimum Gasteiger partial charge on any atom is -0.480 e. The summed E-state index contributed by atoms with van der Waals surface area (Å²) in [7, 11) is 0. The van der Waals surface area contributed by atoms with Gasteiger partial charge in [0.2, 0.25) is 0 Å². The number of likely N-dealkylation sites (tertiary alicyclic amines) is 1. The molecule has 0 saturated carbocycles. The number of aliphatic carboxylic acids is 1. The number of carbonyl (C=O) groups excluding carboxylic acids is 1. The van der Waals surface area contributed by atoms with Gasteiger partial charge >= 0.3 is 5.97 Å². The molecule has 3 aliphatic rings. The summed E-state index contributed by atoms with van der Waals surface area (Å²) < 4.78 is 14.8. The highest BCUT2D eigenvalue weighted by atomic mass is 35.5. The van der Waals surface area contributed by atoms with Gasteiger partial charge in [0.25, 0.3) is 5.91 Å². The van der Waals surface area contributed by atoms with Gasteiger partial charge in [-0.25, -0.2) is 14.2 Å². The highest BCUT2D eigenvalue weighted by molar-refractivity contribution is 8.18. The number of halogens is 3. The summed E-state index contributed by atoms with van der Waals surface area (Å²) in [5, 5.41) is 11.0. The van der Waals surface area contributed by atoms with Crippen LogP contribution < -0.4 is 0 Å². The molecule has 3 aliphatic heterocycles. The molecule has 1 fully saturated rings. The number of benzene rings is 2. The Balaban J connectivity index is 1.66. The van der Waals surface area contributed by atoms with Crippen LogP contribution in [0.5, 0.6) is 0 Å². The first-order valence-corrected chi connectivity index (χ1v) is 14.1. The molecule has 0 aromatic heterocycles. The minimum atomic E-state index is -1.000.